The van der Waals surface area contributed by atoms with Crippen LogP contribution in [0, 0.1) is 0 Å². The molecule has 3 heterocycles. The van der Waals surface area contributed by atoms with Crippen molar-refractivity contribution in [3.8, 4) is 5.82 Å². The highest BCUT2D eigenvalue weighted by molar-refractivity contribution is 6.32. The Balaban J connectivity index is 1.70. The Hall–Kier alpha value is -2.17. The van der Waals surface area contributed by atoms with Crippen molar-refractivity contribution < 1.29 is 17.9 Å². The summed E-state index contributed by atoms with van der Waals surface area (Å²) < 4.78 is 44.0. The molecule has 0 spiro atoms. The van der Waals surface area contributed by atoms with E-state index in [-0.39, 0.29) is 10.8 Å². The van der Waals surface area contributed by atoms with Crippen molar-refractivity contribution in [1.82, 2.24) is 19.7 Å². The molecule has 0 saturated carbocycles. The number of pyridine rings is 1. The predicted molar refractivity (Wildman–Crippen MR) is 93.4 cm³/mol. The molecule has 7 nitrogen and oxygen atoms in total. The highest BCUT2D eigenvalue weighted by atomic mass is 35.5. The molecule has 0 bridgehead atoms. The van der Waals surface area contributed by atoms with Gasteiger partial charge in [0.2, 0.25) is 0 Å². The molecule has 0 amide bonds. The largest absolute Gasteiger partial charge is 0.417 e. The molecule has 2 aromatic heterocycles. The lowest BCUT2D eigenvalue weighted by atomic mass is 10.3. The topological polar surface area (TPSA) is 72.3 Å². The average Bonchev–Trinajstić information content (AvgIpc) is 2.66. The highest BCUT2D eigenvalue weighted by Gasteiger charge is 2.30. The molecule has 1 aliphatic rings. The van der Waals surface area contributed by atoms with E-state index in [1.165, 1.54) is 6.20 Å². The van der Waals surface area contributed by atoms with E-state index >= 15 is 0 Å². The van der Waals surface area contributed by atoms with Gasteiger partial charge in [-0.25, -0.2) is 4.98 Å². The van der Waals surface area contributed by atoms with Crippen molar-refractivity contribution in [3.63, 3.8) is 0 Å². The van der Waals surface area contributed by atoms with E-state index in [2.05, 4.69) is 20.3 Å². The molecule has 1 N–H and O–H groups in total. The van der Waals surface area contributed by atoms with E-state index in [0.29, 0.717) is 31.6 Å². The molecule has 0 aromatic carbocycles. The second kappa shape index (κ2) is 8.24. The zero-order valence-electron chi connectivity index (χ0n) is 14.2. The van der Waals surface area contributed by atoms with Crippen LogP contribution >= 0.6 is 11.6 Å². The van der Waals surface area contributed by atoms with Gasteiger partial charge in [-0.2, -0.15) is 23.0 Å². The van der Waals surface area contributed by atoms with Crippen LogP contribution in [0.15, 0.2) is 29.3 Å². The number of halogens is 4. The van der Waals surface area contributed by atoms with Gasteiger partial charge >= 0.3 is 6.18 Å². The summed E-state index contributed by atoms with van der Waals surface area (Å²) >= 11 is 6.10. The van der Waals surface area contributed by atoms with Gasteiger partial charge in [0.05, 0.1) is 30.7 Å². The fourth-order valence-corrected chi connectivity index (χ4v) is 2.77. The van der Waals surface area contributed by atoms with Crippen LogP contribution in [-0.4, -0.2) is 59.1 Å². The van der Waals surface area contributed by atoms with Crippen molar-refractivity contribution in [2.45, 2.75) is 6.18 Å². The number of hydrogen-bond donors (Lipinski definition) is 1. The minimum atomic E-state index is -4.50. The average molecular weight is 404 g/mol. The van der Waals surface area contributed by atoms with Gasteiger partial charge in [-0.15, -0.1) is 0 Å². The number of nitrogens with one attached hydrogen (secondary N) is 1. The second-order valence-corrected chi connectivity index (χ2v) is 6.25. The molecular weight excluding hydrogens is 387 g/mol. The Morgan fingerprint density at radius 2 is 1.96 bits per heavy atom. The maximum absolute atomic E-state index is 12.6. The third kappa shape index (κ3) is 4.76. The Morgan fingerprint density at radius 3 is 2.59 bits per heavy atom. The molecule has 0 unspecified atom stereocenters. The van der Waals surface area contributed by atoms with Crippen LogP contribution < -0.4 is 10.9 Å². The minimum Gasteiger partial charge on any atom is -0.381 e. The molecule has 146 valence electrons. The molecule has 1 saturated heterocycles. The summed E-state index contributed by atoms with van der Waals surface area (Å²) in [7, 11) is 0. The van der Waals surface area contributed by atoms with Gasteiger partial charge in [0.1, 0.15) is 5.02 Å². The predicted octanol–water partition coefficient (Wildman–Crippen LogP) is 2.04. The quantitative estimate of drug-likeness (QED) is 0.823. The third-order valence-electron chi connectivity index (χ3n) is 4.06. The van der Waals surface area contributed by atoms with Gasteiger partial charge in [-0.3, -0.25) is 9.69 Å². The summed E-state index contributed by atoms with van der Waals surface area (Å²) in [6.45, 7) is 4.38. The maximum Gasteiger partial charge on any atom is 0.417 e. The summed E-state index contributed by atoms with van der Waals surface area (Å²) in [5.74, 6) is -0.0465. The number of hydrogen-bond acceptors (Lipinski definition) is 6. The van der Waals surface area contributed by atoms with Crippen molar-refractivity contribution in [3.05, 3.63) is 45.5 Å². The number of ether oxygens (including phenoxy) is 1. The summed E-state index contributed by atoms with van der Waals surface area (Å²) in [6, 6.07) is 1.90. The molecule has 0 radical (unpaired) electrons. The van der Waals surface area contributed by atoms with Crippen LogP contribution in [0.25, 0.3) is 5.82 Å². The smallest absolute Gasteiger partial charge is 0.381 e. The van der Waals surface area contributed by atoms with Crippen LogP contribution in [0.1, 0.15) is 5.56 Å². The maximum atomic E-state index is 12.6. The SMILES string of the molecule is O=c1c(Cl)c(NCCN2CCOCC2)cnn1-c1ccc(C(F)(F)F)cn1. The molecule has 0 aliphatic carbocycles. The fraction of sp³-hybridized carbons (Fsp3) is 0.438. The number of morpholine rings is 1. The van der Waals surface area contributed by atoms with Crippen LogP contribution in [-0.2, 0) is 10.9 Å². The standard InChI is InChI=1S/C16H17ClF3N5O2/c17-14-12(21-3-4-24-5-7-27-8-6-24)10-23-25(15(14)26)13-2-1-11(9-22-13)16(18,19)20/h1-2,9-10,21H,3-8H2. The van der Waals surface area contributed by atoms with Crippen LogP contribution in [0.2, 0.25) is 5.02 Å². The minimum absolute atomic E-state index is 0.0465. The number of anilines is 1. The van der Waals surface area contributed by atoms with Crippen molar-refractivity contribution in [1.29, 1.82) is 0 Å². The van der Waals surface area contributed by atoms with E-state index in [1.54, 1.807) is 0 Å². The molecular formula is C16H17ClF3N5O2. The Labute approximate surface area is 157 Å². The van der Waals surface area contributed by atoms with Gasteiger partial charge in [-0.1, -0.05) is 11.6 Å². The Bertz CT molecular complexity index is 835. The Kier molecular flexibility index (Phi) is 5.98. The molecule has 2 aromatic rings. The molecule has 0 atom stereocenters. The summed E-state index contributed by atoms with van der Waals surface area (Å²) in [5.41, 5.74) is -1.22. The first-order valence-corrected chi connectivity index (χ1v) is 8.59. The lowest BCUT2D eigenvalue weighted by Crippen LogP contribution is -2.39. The third-order valence-corrected chi connectivity index (χ3v) is 4.42. The summed E-state index contributed by atoms with van der Waals surface area (Å²) in [4.78, 5) is 18.2. The van der Waals surface area contributed by atoms with Crippen molar-refractivity contribution in [2.75, 3.05) is 44.7 Å². The fourth-order valence-electron chi connectivity index (χ4n) is 2.57. The summed E-state index contributed by atoms with van der Waals surface area (Å²) in [5, 5.41) is 6.89. The van der Waals surface area contributed by atoms with Gasteiger partial charge in [0.15, 0.2) is 5.82 Å². The van der Waals surface area contributed by atoms with Gasteiger partial charge < -0.3 is 10.1 Å². The molecule has 11 heteroatoms. The monoisotopic (exact) mass is 403 g/mol. The number of alkyl halides is 3. The Morgan fingerprint density at radius 1 is 1.22 bits per heavy atom. The highest BCUT2D eigenvalue weighted by Crippen LogP contribution is 2.28. The molecule has 27 heavy (non-hydrogen) atoms. The molecule has 1 aliphatic heterocycles. The second-order valence-electron chi connectivity index (χ2n) is 5.87. The van der Waals surface area contributed by atoms with Gasteiger partial charge in [0.25, 0.3) is 5.56 Å². The van der Waals surface area contributed by atoms with E-state index < -0.39 is 17.3 Å². The number of rotatable bonds is 5. The number of aromatic nitrogens is 3. The van der Waals surface area contributed by atoms with E-state index in [9.17, 15) is 18.0 Å². The summed E-state index contributed by atoms with van der Waals surface area (Å²) in [6.07, 6.45) is -2.51. The van der Waals surface area contributed by atoms with Crippen molar-refractivity contribution in [2.24, 2.45) is 0 Å². The molecule has 1 fully saturated rings. The normalized spacial score (nSPS) is 15.7. The van der Waals surface area contributed by atoms with Crippen LogP contribution in [0.4, 0.5) is 18.9 Å². The van der Waals surface area contributed by atoms with E-state index in [4.69, 9.17) is 16.3 Å². The van der Waals surface area contributed by atoms with Crippen LogP contribution in [0.3, 0.4) is 0 Å². The zero-order chi connectivity index (χ0) is 19.4. The lowest BCUT2D eigenvalue weighted by Gasteiger charge is -2.26. The first-order valence-electron chi connectivity index (χ1n) is 8.21. The van der Waals surface area contributed by atoms with E-state index in [0.717, 1.165) is 36.4 Å². The number of nitrogens with zero attached hydrogens (tertiary/aromatic N) is 4. The zero-order valence-corrected chi connectivity index (χ0v) is 14.9. The van der Waals surface area contributed by atoms with Crippen molar-refractivity contribution >= 4 is 17.3 Å². The molecule has 3 rings (SSSR count). The van der Waals surface area contributed by atoms with Gasteiger partial charge in [0, 0.05) is 32.4 Å². The lowest BCUT2D eigenvalue weighted by molar-refractivity contribution is -0.137. The van der Waals surface area contributed by atoms with E-state index in [1.807, 2.05) is 0 Å². The van der Waals surface area contributed by atoms with Crippen LogP contribution in [0.5, 0.6) is 0 Å². The van der Waals surface area contributed by atoms with Gasteiger partial charge in [-0.05, 0) is 12.1 Å². The first kappa shape index (κ1) is 19.6. The first-order chi connectivity index (χ1) is 12.9.